The lowest BCUT2D eigenvalue weighted by atomic mass is 9.97. The summed E-state index contributed by atoms with van der Waals surface area (Å²) in [7, 11) is 0. The largest absolute Gasteiger partial charge is 0.386 e. The van der Waals surface area contributed by atoms with Crippen LogP contribution < -0.4 is 10.2 Å². The Balaban J connectivity index is 1.93. The van der Waals surface area contributed by atoms with Crippen LogP contribution in [0.5, 0.6) is 0 Å². The molecule has 0 bridgehead atoms. The summed E-state index contributed by atoms with van der Waals surface area (Å²) >= 11 is 0. The van der Waals surface area contributed by atoms with Crippen molar-refractivity contribution in [3.05, 3.63) is 71.3 Å². The van der Waals surface area contributed by atoms with Crippen LogP contribution in [0.1, 0.15) is 18.5 Å². The molecule has 0 spiro atoms. The monoisotopic (exact) mass is 336 g/mol. The lowest BCUT2D eigenvalue weighted by Crippen LogP contribution is -2.30. The maximum absolute atomic E-state index is 13.4. The summed E-state index contributed by atoms with van der Waals surface area (Å²) in [6, 6.07) is 11.3. The van der Waals surface area contributed by atoms with Crippen molar-refractivity contribution in [3.63, 3.8) is 0 Å². The third-order valence-electron chi connectivity index (χ3n) is 4.47. The number of hydrogen-bond donors (Lipinski definition) is 1. The number of anilines is 1. The Morgan fingerprint density at radius 2 is 2.00 bits per heavy atom. The number of nitrogens with one attached hydrogen (secondary N) is 1. The second-order valence-electron chi connectivity index (χ2n) is 6.01. The first kappa shape index (κ1) is 15.5. The number of carbonyl (C=O) groups is 1. The average molecular weight is 336 g/mol. The lowest BCUT2D eigenvalue weighted by Gasteiger charge is -2.25. The molecule has 2 aliphatic heterocycles. The summed E-state index contributed by atoms with van der Waals surface area (Å²) in [6.45, 7) is 3.17. The Morgan fingerprint density at radius 3 is 2.72 bits per heavy atom. The molecule has 1 N–H and O–H groups in total. The minimum absolute atomic E-state index is 0.175. The van der Waals surface area contributed by atoms with Crippen molar-refractivity contribution in [3.8, 4) is 0 Å². The Hall–Kier alpha value is -3.02. The summed E-state index contributed by atoms with van der Waals surface area (Å²) in [5, 5.41) is 3.31. The van der Waals surface area contributed by atoms with Gasteiger partial charge in [-0.2, -0.15) is 0 Å². The van der Waals surface area contributed by atoms with Gasteiger partial charge >= 0.3 is 0 Å². The van der Waals surface area contributed by atoms with Crippen LogP contribution in [-0.4, -0.2) is 29.7 Å². The van der Waals surface area contributed by atoms with Gasteiger partial charge in [-0.3, -0.25) is 14.7 Å². The van der Waals surface area contributed by atoms with Crippen LogP contribution in [0.25, 0.3) is 0 Å². The highest BCUT2D eigenvalue weighted by atomic mass is 19.1. The normalized spacial score (nSPS) is 20.1. The van der Waals surface area contributed by atoms with Crippen molar-refractivity contribution in [1.29, 1.82) is 0 Å². The van der Waals surface area contributed by atoms with Gasteiger partial charge in [0.05, 0.1) is 12.6 Å². The van der Waals surface area contributed by atoms with E-state index in [9.17, 15) is 9.18 Å². The number of rotatable bonds is 2. The molecule has 1 amide bonds. The fourth-order valence-corrected chi connectivity index (χ4v) is 3.34. The molecule has 25 heavy (non-hydrogen) atoms. The molecule has 1 aromatic carbocycles. The molecular weight excluding hydrogens is 319 g/mol. The van der Waals surface area contributed by atoms with Gasteiger partial charge in [0.1, 0.15) is 17.3 Å². The number of nitrogens with zero attached hydrogens (tertiary/aromatic N) is 3. The van der Waals surface area contributed by atoms with E-state index in [0.29, 0.717) is 24.6 Å². The van der Waals surface area contributed by atoms with Crippen molar-refractivity contribution < 1.29 is 9.18 Å². The van der Waals surface area contributed by atoms with Crippen LogP contribution in [0.4, 0.5) is 10.2 Å². The van der Waals surface area contributed by atoms with Crippen molar-refractivity contribution >= 4 is 17.4 Å². The number of pyridine rings is 1. The quantitative estimate of drug-likeness (QED) is 0.917. The predicted molar refractivity (Wildman–Crippen MR) is 93.9 cm³/mol. The van der Waals surface area contributed by atoms with Gasteiger partial charge in [-0.15, -0.1) is 0 Å². The van der Waals surface area contributed by atoms with Gasteiger partial charge in [-0.1, -0.05) is 18.2 Å². The summed E-state index contributed by atoms with van der Waals surface area (Å²) in [6.07, 6.45) is 1.65. The zero-order chi connectivity index (χ0) is 17.4. The Kier molecular flexibility index (Phi) is 3.80. The van der Waals surface area contributed by atoms with Gasteiger partial charge in [0.25, 0.3) is 5.91 Å². The van der Waals surface area contributed by atoms with Crippen LogP contribution in [-0.2, 0) is 4.79 Å². The lowest BCUT2D eigenvalue weighted by molar-refractivity contribution is -0.112. The van der Waals surface area contributed by atoms with Crippen LogP contribution >= 0.6 is 0 Å². The van der Waals surface area contributed by atoms with E-state index in [1.165, 1.54) is 12.1 Å². The molecule has 1 atom stereocenters. The van der Waals surface area contributed by atoms with E-state index in [4.69, 9.17) is 0 Å². The van der Waals surface area contributed by atoms with Gasteiger partial charge < -0.3 is 5.32 Å². The molecule has 2 aliphatic rings. The summed E-state index contributed by atoms with van der Waals surface area (Å²) in [5.74, 6) is 0.0695. The molecule has 1 aromatic heterocycles. The third kappa shape index (κ3) is 2.59. The van der Waals surface area contributed by atoms with E-state index >= 15 is 0 Å². The van der Waals surface area contributed by atoms with E-state index in [1.54, 1.807) is 35.4 Å². The van der Waals surface area contributed by atoms with E-state index < -0.39 is 0 Å². The number of hydrogen-bond acceptors (Lipinski definition) is 4. The van der Waals surface area contributed by atoms with E-state index in [0.717, 1.165) is 16.8 Å². The first-order valence-corrected chi connectivity index (χ1v) is 8.16. The highest BCUT2D eigenvalue weighted by Crippen LogP contribution is 2.40. The second kappa shape index (κ2) is 6.12. The van der Waals surface area contributed by atoms with Gasteiger partial charge in [-0.25, -0.2) is 9.37 Å². The van der Waals surface area contributed by atoms with E-state index in [2.05, 4.69) is 15.3 Å². The molecule has 5 nitrogen and oxygen atoms in total. The van der Waals surface area contributed by atoms with E-state index in [1.807, 2.05) is 13.0 Å². The topological polar surface area (TPSA) is 57.6 Å². The molecule has 126 valence electrons. The number of amides is 1. The van der Waals surface area contributed by atoms with Gasteiger partial charge in [0.15, 0.2) is 0 Å². The second-order valence-corrected chi connectivity index (χ2v) is 6.01. The Bertz CT molecular complexity index is 874. The maximum Gasteiger partial charge on any atom is 0.278 e. The van der Waals surface area contributed by atoms with Gasteiger partial charge in [-0.05, 0) is 36.8 Å². The van der Waals surface area contributed by atoms with Crippen molar-refractivity contribution in [2.45, 2.75) is 13.0 Å². The molecule has 2 aromatic rings. The predicted octanol–water partition coefficient (Wildman–Crippen LogP) is 2.63. The highest BCUT2D eigenvalue weighted by Gasteiger charge is 2.45. The molecule has 0 unspecified atom stereocenters. The van der Waals surface area contributed by atoms with Crippen LogP contribution in [0.3, 0.4) is 0 Å². The summed E-state index contributed by atoms with van der Waals surface area (Å²) in [5.41, 5.74) is 3.03. The fourth-order valence-electron chi connectivity index (χ4n) is 3.34. The third-order valence-corrected chi connectivity index (χ3v) is 4.47. The molecule has 1 saturated heterocycles. The van der Waals surface area contributed by atoms with Crippen molar-refractivity contribution in [1.82, 2.24) is 10.3 Å². The molecular formula is C19H17FN4O. The number of allylic oxidation sites excluding steroid dienone is 1. The highest BCUT2D eigenvalue weighted by molar-refractivity contribution is 6.53. The minimum atomic E-state index is -0.382. The number of benzene rings is 1. The molecule has 0 radical (unpaired) electrons. The molecule has 6 heteroatoms. The average Bonchev–Trinajstić information content (AvgIpc) is 2.78. The van der Waals surface area contributed by atoms with Crippen LogP contribution in [0.15, 0.2) is 64.9 Å². The van der Waals surface area contributed by atoms with Crippen molar-refractivity contribution in [2.24, 2.45) is 4.99 Å². The first-order chi connectivity index (χ1) is 12.2. The first-order valence-electron chi connectivity index (χ1n) is 8.16. The zero-order valence-corrected chi connectivity index (χ0v) is 13.7. The Morgan fingerprint density at radius 1 is 1.20 bits per heavy atom. The Labute approximate surface area is 144 Å². The fraction of sp³-hybridized carbons (Fsp3) is 0.211. The summed E-state index contributed by atoms with van der Waals surface area (Å²) < 4.78 is 13.4. The van der Waals surface area contributed by atoms with Gasteiger partial charge in [0.2, 0.25) is 0 Å². The molecule has 0 aliphatic carbocycles. The SMILES string of the molecule is CC1=C2C(=NCCN1)C(=O)N(c1ccccn1)[C@H]2c1ccc(F)cc1. The van der Waals surface area contributed by atoms with E-state index in [-0.39, 0.29) is 17.8 Å². The summed E-state index contributed by atoms with van der Waals surface area (Å²) in [4.78, 5) is 23.6. The molecule has 0 saturated carbocycles. The smallest absolute Gasteiger partial charge is 0.278 e. The maximum atomic E-state index is 13.4. The minimum Gasteiger partial charge on any atom is -0.386 e. The van der Waals surface area contributed by atoms with Gasteiger partial charge in [0, 0.05) is 24.0 Å². The molecule has 1 fully saturated rings. The zero-order valence-electron chi connectivity index (χ0n) is 13.7. The molecule has 4 rings (SSSR count). The number of aromatic nitrogens is 1. The van der Waals surface area contributed by atoms with Crippen LogP contribution in [0, 0.1) is 5.82 Å². The number of halogens is 1. The number of fused-ring (bicyclic) bond motifs is 1. The van der Waals surface area contributed by atoms with Crippen molar-refractivity contribution in [2.75, 3.05) is 18.0 Å². The number of aliphatic imine (C=N–C) groups is 1. The number of carbonyl (C=O) groups excluding carboxylic acids is 1. The van der Waals surface area contributed by atoms with Crippen LogP contribution in [0.2, 0.25) is 0 Å². The molecule has 3 heterocycles. The standard InChI is InChI=1S/C19H17FN4O/c1-12-16-17(23-11-10-21-12)19(25)24(15-4-2-3-9-22-15)18(16)13-5-7-14(20)8-6-13/h2-9,18,21H,10-11H2,1H3/t18-/m0/s1.